The Balaban J connectivity index is 1.72. The second-order valence-electron chi connectivity index (χ2n) is 6.90. The minimum absolute atomic E-state index is 0.0606. The van der Waals surface area contributed by atoms with E-state index in [0.717, 1.165) is 11.1 Å². The van der Waals surface area contributed by atoms with E-state index in [9.17, 15) is 4.79 Å². The Bertz CT molecular complexity index is 975. The van der Waals surface area contributed by atoms with Crippen molar-refractivity contribution in [1.29, 1.82) is 0 Å². The molecule has 0 amide bonds. The summed E-state index contributed by atoms with van der Waals surface area (Å²) in [5.41, 5.74) is 6.83. The average Bonchev–Trinajstić information content (AvgIpc) is 2.66. The van der Waals surface area contributed by atoms with E-state index in [0.29, 0.717) is 23.8 Å². The lowest BCUT2D eigenvalue weighted by Crippen LogP contribution is -1.99. The molecular formula is C24H23ClO3. The van der Waals surface area contributed by atoms with Gasteiger partial charge in [-0.25, -0.2) is 0 Å². The van der Waals surface area contributed by atoms with Crippen molar-refractivity contribution in [2.75, 3.05) is 0 Å². The van der Waals surface area contributed by atoms with Crippen LogP contribution < -0.4 is 4.74 Å². The summed E-state index contributed by atoms with van der Waals surface area (Å²) in [7, 11) is 0. The zero-order valence-corrected chi connectivity index (χ0v) is 16.8. The summed E-state index contributed by atoms with van der Waals surface area (Å²) in [6.07, 6.45) is 0.470. The molecule has 0 spiro atoms. The fourth-order valence-corrected chi connectivity index (χ4v) is 3.58. The number of rotatable bonds is 7. The van der Waals surface area contributed by atoms with E-state index in [2.05, 4.69) is 44.2 Å². The van der Waals surface area contributed by atoms with E-state index in [1.165, 1.54) is 22.3 Å². The molecule has 0 heterocycles. The van der Waals surface area contributed by atoms with Gasteiger partial charge in [-0.2, -0.15) is 0 Å². The van der Waals surface area contributed by atoms with Gasteiger partial charge in [-0.1, -0.05) is 54.1 Å². The lowest BCUT2D eigenvalue weighted by molar-refractivity contribution is -0.136. The summed E-state index contributed by atoms with van der Waals surface area (Å²) >= 11 is 6.26. The average molecular weight is 395 g/mol. The first-order valence-electron chi connectivity index (χ1n) is 9.22. The molecule has 0 aliphatic carbocycles. The summed E-state index contributed by atoms with van der Waals surface area (Å²) in [6.45, 7) is 4.68. The van der Waals surface area contributed by atoms with Gasteiger partial charge >= 0.3 is 5.97 Å². The normalized spacial score (nSPS) is 10.7. The fraction of sp³-hybridized carbons (Fsp3) is 0.208. The quantitative estimate of drug-likeness (QED) is 0.517. The van der Waals surface area contributed by atoms with Crippen LogP contribution in [0.15, 0.2) is 60.7 Å². The summed E-state index contributed by atoms with van der Waals surface area (Å²) in [5.74, 6) is -0.165. The van der Waals surface area contributed by atoms with E-state index >= 15 is 0 Å². The van der Waals surface area contributed by atoms with Crippen LogP contribution in [-0.4, -0.2) is 11.1 Å². The van der Waals surface area contributed by atoms with Crippen LogP contribution in [0.2, 0.25) is 5.02 Å². The van der Waals surface area contributed by atoms with Crippen LogP contribution in [0.1, 0.15) is 28.7 Å². The van der Waals surface area contributed by atoms with Crippen LogP contribution in [-0.2, 0) is 17.8 Å². The van der Waals surface area contributed by atoms with Gasteiger partial charge in [-0.3, -0.25) is 4.79 Å². The van der Waals surface area contributed by atoms with Crippen molar-refractivity contribution in [2.24, 2.45) is 0 Å². The number of hydrogen-bond donors (Lipinski definition) is 1. The number of hydrogen-bond acceptors (Lipinski definition) is 2. The van der Waals surface area contributed by atoms with Gasteiger partial charge in [0.15, 0.2) is 0 Å². The van der Waals surface area contributed by atoms with Crippen molar-refractivity contribution in [2.45, 2.75) is 33.3 Å². The number of aliphatic carboxylic acids is 1. The predicted molar refractivity (Wildman–Crippen MR) is 113 cm³/mol. The Labute approximate surface area is 170 Å². The minimum atomic E-state index is -0.833. The Morgan fingerprint density at radius 2 is 1.71 bits per heavy atom. The molecule has 144 valence electrons. The summed E-state index contributed by atoms with van der Waals surface area (Å²) in [4.78, 5) is 10.7. The Morgan fingerprint density at radius 3 is 2.39 bits per heavy atom. The minimum Gasteiger partial charge on any atom is -0.489 e. The maximum Gasteiger partial charge on any atom is 0.303 e. The predicted octanol–water partition coefficient (Wildman–Crippen LogP) is 6.22. The second kappa shape index (κ2) is 8.94. The Hall–Kier alpha value is -2.78. The second-order valence-corrected chi connectivity index (χ2v) is 7.31. The molecule has 0 fully saturated rings. The number of carboxylic acids is 1. The highest BCUT2D eigenvalue weighted by Crippen LogP contribution is 2.28. The highest BCUT2D eigenvalue weighted by molar-refractivity contribution is 6.31. The standard InChI is InChI=1S/C24H23ClO3/c1-16-5-3-6-17(2)24(16)20-8-4-7-18(13-20)15-28-21-11-9-19(22(25)14-21)10-12-23(26)27/h3-9,11,13-14H,10,12,15H2,1-2H3,(H,26,27). The van der Waals surface area contributed by atoms with E-state index in [-0.39, 0.29) is 6.42 Å². The SMILES string of the molecule is Cc1cccc(C)c1-c1cccc(COc2ccc(CCC(=O)O)c(Cl)c2)c1. The van der Waals surface area contributed by atoms with Crippen molar-refractivity contribution in [3.05, 3.63) is 87.9 Å². The van der Waals surface area contributed by atoms with Gasteiger partial charge in [0.25, 0.3) is 0 Å². The van der Waals surface area contributed by atoms with Crippen LogP contribution in [0, 0.1) is 13.8 Å². The number of carboxylic acid groups (broad SMARTS) is 1. The molecule has 0 bridgehead atoms. The molecule has 3 nitrogen and oxygen atoms in total. The van der Waals surface area contributed by atoms with Gasteiger partial charge in [0.1, 0.15) is 12.4 Å². The molecule has 0 aromatic heterocycles. The fourth-order valence-electron chi connectivity index (χ4n) is 3.32. The molecule has 0 aliphatic heterocycles. The lowest BCUT2D eigenvalue weighted by atomic mass is 9.95. The van der Waals surface area contributed by atoms with Gasteiger partial charge in [-0.05, 0) is 71.8 Å². The first-order chi connectivity index (χ1) is 13.4. The number of carbonyl (C=O) groups is 1. The topological polar surface area (TPSA) is 46.5 Å². The van der Waals surface area contributed by atoms with Crippen molar-refractivity contribution >= 4 is 17.6 Å². The molecule has 0 radical (unpaired) electrons. The molecule has 3 rings (SSSR count). The first kappa shape index (κ1) is 20.0. The molecule has 3 aromatic rings. The van der Waals surface area contributed by atoms with Crippen molar-refractivity contribution in [1.82, 2.24) is 0 Å². The van der Waals surface area contributed by atoms with E-state index < -0.39 is 5.97 Å². The molecule has 1 N–H and O–H groups in total. The van der Waals surface area contributed by atoms with Crippen LogP contribution >= 0.6 is 11.6 Å². The van der Waals surface area contributed by atoms with Crippen LogP contribution in [0.4, 0.5) is 0 Å². The zero-order valence-electron chi connectivity index (χ0n) is 16.0. The molecule has 4 heteroatoms. The highest BCUT2D eigenvalue weighted by Gasteiger charge is 2.08. The number of aryl methyl sites for hydroxylation is 3. The summed E-state index contributed by atoms with van der Waals surface area (Å²) in [6, 6.07) is 20.1. The van der Waals surface area contributed by atoms with Gasteiger partial charge in [0.2, 0.25) is 0 Å². The van der Waals surface area contributed by atoms with Crippen molar-refractivity contribution in [3.63, 3.8) is 0 Å². The Morgan fingerprint density at radius 1 is 1.00 bits per heavy atom. The van der Waals surface area contributed by atoms with E-state index in [1.807, 2.05) is 24.3 Å². The van der Waals surface area contributed by atoms with Crippen LogP contribution in [0.3, 0.4) is 0 Å². The molecule has 0 saturated carbocycles. The number of ether oxygens (including phenoxy) is 1. The highest BCUT2D eigenvalue weighted by atomic mass is 35.5. The smallest absolute Gasteiger partial charge is 0.303 e. The third kappa shape index (κ3) is 4.93. The lowest BCUT2D eigenvalue weighted by Gasteiger charge is -2.13. The Kier molecular flexibility index (Phi) is 6.37. The third-order valence-electron chi connectivity index (χ3n) is 4.74. The monoisotopic (exact) mass is 394 g/mol. The molecule has 28 heavy (non-hydrogen) atoms. The molecule has 3 aromatic carbocycles. The number of halogens is 1. The van der Waals surface area contributed by atoms with Crippen LogP contribution in [0.5, 0.6) is 5.75 Å². The largest absolute Gasteiger partial charge is 0.489 e. The molecular weight excluding hydrogens is 372 g/mol. The van der Waals surface area contributed by atoms with Gasteiger partial charge < -0.3 is 9.84 Å². The third-order valence-corrected chi connectivity index (χ3v) is 5.09. The van der Waals surface area contributed by atoms with Gasteiger partial charge in [0.05, 0.1) is 0 Å². The van der Waals surface area contributed by atoms with Gasteiger partial charge in [-0.15, -0.1) is 0 Å². The zero-order chi connectivity index (χ0) is 20.1. The molecule has 0 aliphatic rings. The summed E-state index contributed by atoms with van der Waals surface area (Å²) < 4.78 is 5.90. The van der Waals surface area contributed by atoms with Crippen LogP contribution in [0.25, 0.3) is 11.1 Å². The first-order valence-corrected chi connectivity index (χ1v) is 9.60. The maximum absolute atomic E-state index is 10.7. The number of benzene rings is 3. The van der Waals surface area contributed by atoms with Gasteiger partial charge in [0, 0.05) is 11.4 Å². The molecule has 0 atom stereocenters. The summed E-state index contributed by atoms with van der Waals surface area (Å²) in [5, 5.41) is 9.33. The van der Waals surface area contributed by atoms with Crippen molar-refractivity contribution in [3.8, 4) is 16.9 Å². The maximum atomic E-state index is 10.7. The molecule has 0 unspecified atom stereocenters. The van der Waals surface area contributed by atoms with E-state index in [4.69, 9.17) is 21.4 Å². The van der Waals surface area contributed by atoms with E-state index in [1.54, 1.807) is 6.07 Å². The van der Waals surface area contributed by atoms with Crippen molar-refractivity contribution < 1.29 is 14.6 Å². The molecule has 0 saturated heterocycles.